The van der Waals surface area contributed by atoms with Crippen molar-refractivity contribution in [3.05, 3.63) is 33.9 Å². The molecule has 0 aromatic heterocycles. The minimum Gasteiger partial charge on any atom is -0.466 e. The lowest BCUT2D eigenvalue weighted by Gasteiger charge is -2.33. The Bertz CT molecular complexity index is 816. The van der Waals surface area contributed by atoms with Gasteiger partial charge in [0, 0.05) is 11.6 Å². The second kappa shape index (κ2) is 8.05. The maximum atomic E-state index is 12.9. The molecule has 9 heteroatoms. The van der Waals surface area contributed by atoms with Crippen molar-refractivity contribution in [1.29, 1.82) is 0 Å². The Labute approximate surface area is 162 Å². The SMILES string of the molecule is CCOC(=O)C1CCN(C2CC(=O)N(c3ccc(C)c([N+](=O)[O-])c3)C2=O)CC1. The summed E-state index contributed by atoms with van der Waals surface area (Å²) in [4.78, 5) is 50.9. The maximum Gasteiger partial charge on any atom is 0.309 e. The first kappa shape index (κ1) is 19.9. The monoisotopic (exact) mass is 389 g/mol. The summed E-state index contributed by atoms with van der Waals surface area (Å²) in [6, 6.07) is 3.75. The molecule has 9 nitrogen and oxygen atoms in total. The van der Waals surface area contributed by atoms with Crippen LogP contribution in [0.2, 0.25) is 0 Å². The number of aryl methyl sites for hydroxylation is 1. The predicted octanol–water partition coefficient (Wildman–Crippen LogP) is 1.81. The number of rotatable bonds is 5. The van der Waals surface area contributed by atoms with Gasteiger partial charge in [-0.1, -0.05) is 6.07 Å². The second-order valence-corrected chi connectivity index (χ2v) is 7.08. The Morgan fingerprint density at radius 2 is 1.96 bits per heavy atom. The smallest absolute Gasteiger partial charge is 0.309 e. The van der Waals surface area contributed by atoms with Crippen LogP contribution in [0, 0.1) is 23.0 Å². The van der Waals surface area contributed by atoms with Gasteiger partial charge >= 0.3 is 5.97 Å². The average molecular weight is 389 g/mol. The van der Waals surface area contributed by atoms with Gasteiger partial charge in [0.05, 0.1) is 35.6 Å². The van der Waals surface area contributed by atoms with Crippen molar-refractivity contribution < 1.29 is 24.0 Å². The van der Waals surface area contributed by atoms with E-state index in [2.05, 4.69) is 0 Å². The minimum absolute atomic E-state index is 0.0323. The number of carbonyl (C=O) groups excluding carboxylic acids is 3. The number of nitro groups is 1. The maximum absolute atomic E-state index is 12.9. The third kappa shape index (κ3) is 3.75. The topological polar surface area (TPSA) is 110 Å². The zero-order valence-corrected chi connectivity index (χ0v) is 15.9. The molecule has 0 bridgehead atoms. The molecule has 0 N–H and O–H groups in total. The summed E-state index contributed by atoms with van der Waals surface area (Å²) in [6.07, 6.45) is 1.18. The summed E-state index contributed by atoms with van der Waals surface area (Å²) in [5.41, 5.74) is 0.554. The van der Waals surface area contributed by atoms with E-state index in [1.165, 1.54) is 12.1 Å². The number of esters is 1. The third-order valence-corrected chi connectivity index (χ3v) is 5.36. The molecule has 1 atom stereocenters. The number of hydrogen-bond donors (Lipinski definition) is 0. The van der Waals surface area contributed by atoms with Crippen molar-refractivity contribution in [2.24, 2.45) is 5.92 Å². The molecule has 1 unspecified atom stereocenters. The first-order chi connectivity index (χ1) is 13.3. The van der Waals surface area contributed by atoms with Crippen LogP contribution in [0.15, 0.2) is 18.2 Å². The van der Waals surface area contributed by atoms with Gasteiger partial charge in [-0.05, 0) is 45.8 Å². The Hall–Kier alpha value is -2.81. The summed E-state index contributed by atoms with van der Waals surface area (Å²) >= 11 is 0. The Balaban J connectivity index is 1.72. The number of likely N-dealkylation sites (tertiary alicyclic amines) is 1. The molecular formula is C19H23N3O6. The molecule has 2 amide bonds. The number of benzene rings is 1. The molecule has 0 aliphatic carbocycles. The van der Waals surface area contributed by atoms with E-state index in [9.17, 15) is 24.5 Å². The first-order valence-electron chi connectivity index (χ1n) is 9.36. The first-order valence-corrected chi connectivity index (χ1v) is 9.36. The summed E-state index contributed by atoms with van der Waals surface area (Å²) in [6.45, 7) is 4.75. The van der Waals surface area contributed by atoms with Crippen LogP contribution in [0.4, 0.5) is 11.4 Å². The van der Waals surface area contributed by atoms with Crippen molar-refractivity contribution in [3.63, 3.8) is 0 Å². The highest BCUT2D eigenvalue weighted by molar-refractivity contribution is 6.22. The molecule has 2 fully saturated rings. The average Bonchev–Trinajstić information content (AvgIpc) is 2.97. The molecule has 28 heavy (non-hydrogen) atoms. The normalized spacial score (nSPS) is 21.2. The van der Waals surface area contributed by atoms with Gasteiger partial charge in [-0.25, -0.2) is 4.90 Å². The number of piperidine rings is 1. The van der Waals surface area contributed by atoms with Gasteiger partial charge in [0.25, 0.3) is 11.6 Å². The van der Waals surface area contributed by atoms with Gasteiger partial charge < -0.3 is 4.74 Å². The van der Waals surface area contributed by atoms with Gasteiger partial charge in [0.2, 0.25) is 5.91 Å². The third-order valence-electron chi connectivity index (χ3n) is 5.36. The fourth-order valence-electron chi connectivity index (χ4n) is 3.81. The highest BCUT2D eigenvalue weighted by Gasteiger charge is 2.44. The predicted molar refractivity (Wildman–Crippen MR) is 99.7 cm³/mol. The fourth-order valence-corrected chi connectivity index (χ4v) is 3.81. The van der Waals surface area contributed by atoms with E-state index < -0.39 is 11.0 Å². The van der Waals surface area contributed by atoms with E-state index in [1.807, 2.05) is 4.90 Å². The quantitative estimate of drug-likeness (QED) is 0.327. The second-order valence-electron chi connectivity index (χ2n) is 7.08. The summed E-state index contributed by atoms with van der Waals surface area (Å²) in [5.74, 6) is -1.15. The van der Waals surface area contributed by atoms with E-state index in [4.69, 9.17) is 4.74 Å². The molecule has 0 saturated carbocycles. The van der Waals surface area contributed by atoms with Crippen molar-refractivity contribution in [1.82, 2.24) is 4.90 Å². The molecule has 2 aliphatic rings. The summed E-state index contributed by atoms with van der Waals surface area (Å²) in [7, 11) is 0. The zero-order valence-electron chi connectivity index (χ0n) is 15.9. The molecule has 0 spiro atoms. The Morgan fingerprint density at radius 1 is 1.29 bits per heavy atom. The number of amides is 2. The van der Waals surface area contributed by atoms with E-state index in [-0.39, 0.29) is 41.5 Å². The van der Waals surface area contributed by atoms with Crippen LogP contribution < -0.4 is 4.90 Å². The number of imide groups is 1. The van der Waals surface area contributed by atoms with E-state index in [1.54, 1.807) is 19.9 Å². The molecule has 1 aromatic rings. The van der Waals surface area contributed by atoms with Crippen LogP contribution in [0.25, 0.3) is 0 Å². The van der Waals surface area contributed by atoms with Crippen LogP contribution in [-0.2, 0) is 19.1 Å². The van der Waals surface area contributed by atoms with E-state index in [0.29, 0.717) is 38.1 Å². The van der Waals surface area contributed by atoms with Crippen molar-refractivity contribution in [2.75, 3.05) is 24.6 Å². The molecule has 2 saturated heterocycles. The number of nitro benzene ring substituents is 1. The number of carbonyl (C=O) groups is 3. The van der Waals surface area contributed by atoms with Gasteiger partial charge in [0.1, 0.15) is 0 Å². The molecule has 150 valence electrons. The zero-order chi connectivity index (χ0) is 20.4. The van der Waals surface area contributed by atoms with Gasteiger partial charge in [-0.3, -0.25) is 29.4 Å². The number of anilines is 1. The van der Waals surface area contributed by atoms with Gasteiger partial charge in [-0.15, -0.1) is 0 Å². The van der Waals surface area contributed by atoms with Gasteiger partial charge in [-0.2, -0.15) is 0 Å². The van der Waals surface area contributed by atoms with Crippen LogP contribution in [0.1, 0.15) is 31.7 Å². The lowest BCUT2D eigenvalue weighted by atomic mass is 9.95. The largest absolute Gasteiger partial charge is 0.466 e. The lowest BCUT2D eigenvalue weighted by molar-refractivity contribution is -0.385. The number of hydrogen-bond acceptors (Lipinski definition) is 7. The highest BCUT2D eigenvalue weighted by atomic mass is 16.6. The van der Waals surface area contributed by atoms with Gasteiger partial charge in [0.15, 0.2) is 0 Å². The molecule has 1 aromatic carbocycles. The Kier molecular flexibility index (Phi) is 5.73. The molecule has 3 rings (SSSR count). The highest BCUT2D eigenvalue weighted by Crippen LogP contribution is 2.31. The minimum atomic E-state index is -0.601. The van der Waals surface area contributed by atoms with E-state index in [0.717, 1.165) is 4.90 Å². The van der Waals surface area contributed by atoms with Crippen molar-refractivity contribution >= 4 is 29.2 Å². The van der Waals surface area contributed by atoms with Crippen molar-refractivity contribution in [3.8, 4) is 0 Å². The molecule has 2 heterocycles. The summed E-state index contributed by atoms with van der Waals surface area (Å²) < 4.78 is 5.05. The lowest BCUT2D eigenvalue weighted by Crippen LogP contribution is -2.47. The summed E-state index contributed by atoms with van der Waals surface area (Å²) in [5, 5.41) is 11.2. The van der Waals surface area contributed by atoms with Crippen LogP contribution >= 0.6 is 0 Å². The van der Waals surface area contributed by atoms with E-state index >= 15 is 0 Å². The molecule has 2 aliphatic heterocycles. The fraction of sp³-hybridized carbons (Fsp3) is 0.526. The van der Waals surface area contributed by atoms with Crippen LogP contribution in [-0.4, -0.2) is 53.3 Å². The molecular weight excluding hydrogens is 366 g/mol. The van der Waals surface area contributed by atoms with Crippen molar-refractivity contribution in [2.45, 2.75) is 39.2 Å². The standard InChI is InChI=1S/C19H23N3O6/c1-3-28-19(25)13-6-8-20(9-7-13)16-11-17(23)21(18(16)24)14-5-4-12(2)15(10-14)22(26)27/h4-5,10,13,16H,3,6-9,11H2,1-2H3. The number of ether oxygens (including phenoxy) is 1. The molecule has 0 radical (unpaired) electrons. The Morgan fingerprint density at radius 3 is 2.57 bits per heavy atom. The van der Waals surface area contributed by atoms with Crippen LogP contribution in [0.3, 0.4) is 0 Å². The number of nitrogens with zero attached hydrogens (tertiary/aromatic N) is 3. The van der Waals surface area contributed by atoms with Crippen LogP contribution in [0.5, 0.6) is 0 Å².